The number of allylic oxidation sites excluding steroid dienone is 12. The van der Waals surface area contributed by atoms with Gasteiger partial charge < -0.3 is 14.2 Å². The average molecular weight is 921 g/mol. The van der Waals surface area contributed by atoms with Gasteiger partial charge >= 0.3 is 17.9 Å². The van der Waals surface area contributed by atoms with Crippen LogP contribution in [0.1, 0.15) is 271 Å². The molecule has 0 bridgehead atoms. The van der Waals surface area contributed by atoms with E-state index in [0.29, 0.717) is 19.3 Å². The fourth-order valence-corrected chi connectivity index (χ4v) is 7.76. The number of hydrogen-bond acceptors (Lipinski definition) is 6. The lowest BCUT2D eigenvalue weighted by molar-refractivity contribution is -0.167. The zero-order valence-corrected chi connectivity index (χ0v) is 43.4. The average Bonchev–Trinajstić information content (AvgIpc) is 3.31. The summed E-state index contributed by atoms with van der Waals surface area (Å²) in [6, 6.07) is 0. The van der Waals surface area contributed by atoms with E-state index in [1.807, 2.05) is 0 Å². The first-order chi connectivity index (χ1) is 32.5. The molecule has 0 spiro atoms. The second kappa shape index (κ2) is 54.5. The van der Waals surface area contributed by atoms with Gasteiger partial charge in [-0.1, -0.05) is 235 Å². The molecule has 0 aliphatic rings. The zero-order valence-electron chi connectivity index (χ0n) is 43.4. The minimum absolute atomic E-state index is 0.0815. The van der Waals surface area contributed by atoms with Gasteiger partial charge in [0.2, 0.25) is 0 Å². The van der Waals surface area contributed by atoms with E-state index < -0.39 is 6.10 Å². The molecule has 0 saturated heterocycles. The second-order valence-electron chi connectivity index (χ2n) is 18.5. The Labute approximate surface area is 408 Å². The van der Waals surface area contributed by atoms with Crippen molar-refractivity contribution in [2.45, 2.75) is 277 Å². The minimum atomic E-state index is -0.780. The highest BCUT2D eigenvalue weighted by molar-refractivity contribution is 5.71. The fourth-order valence-electron chi connectivity index (χ4n) is 7.76. The maximum atomic E-state index is 12.8. The number of ether oxygens (including phenoxy) is 3. The van der Waals surface area contributed by atoms with E-state index in [1.54, 1.807) is 0 Å². The largest absolute Gasteiger partial charge is 0.462 e. The molecule has 0 amide bonds. The van der Waals surface area contributed by atoms with Crippen LogP contribution in [0.15, 0.2) is 72.9 Å². The van der Waals surface area contributed by atoms with Gasteiger partial charge in [-0.2, -0.15) is 0 Å². The van der Waals surface area contributed by atoms with Crippen molar-refractivity contribution in [3.63, 3.8) is 0 Å². The van der Waals surface area contributed by atoms with Crippen LogP contribution in [0.4, 0.5) is 0 Å². The Balaban J connectivity index is 4.18. The van der Waals surface area contributed by atoms with Crippen molar-refractivity contribution in [3.05, 3.63) is 72.9 Å². The molecule has 0 N–H and O–H groups in total. The summed E-state index contributed by atoms with van der Waals surface area (Å²) >= 11 is 0. The molecule has 0 aliphatic heterocycles. The smallest absolute Gasteiger partial charge is 0.306 e. The van der Waals surface area contributed by atoms with Gasteiger partial charge in [-0.15, -0.1) is 0 Å². The molecule has 0 fully saturated rings. The van der Waals surface area contributed by atoms with Gasteiger partial charge in [-0.25, -0.2) is 0 Å². The van der Waals surface area contributed by atoms with E-state index in [4.69, 9.17) is 14.2 Å². The molecule has 0 saturated carbocycles. The van der Waals surface area contributed by atoms with E-state index in [2.05, 4.69) is 93.7 Å². The standard InChI is InChI=1S/C60H104O6/c1-4-7-10-13-16-18-20-22-24-26-28-29-30-31-33-34-36-38-40-42-44-47-50-53-59(62)65-56-57(55-64-58(61)52-49-46-15-12-9-6-3)66-60(63)54-51-48-45-43-41-39-37-35-32-27-25-23-21-19-17-14-11-8-5-2/h8,11,17,19-20,22-23,25-26,28,32,35,57H,4-7,9-10,12-16,18,21,24,27,29-31,33-34,36-56H2,1-3H3/b11-8-,19-17-,22-20-,25-23-,28-26-,35-32-. The maximum absolute atomic E-state index is 12.8. The quantitative estimate of drug-likeness (QED) is 0.0262. The van der Waals surface area contributed by atoms with Gasteiger partial charge in [0.25, 0.3) is 0 Å². The Morgan fingerprint density at radius 2 is 0.591 bits per heavy atom. The van der Waals surface area contributed by atoms with Gasteiger partial charge in [-0.05, 0) is 89.9 Å². The number of carbonyl (C=O) groups excluding carboxylic acids is 3. The maximum Gasteiger partial charge on any atom is 0.306 e. The number of rotatable bonds is 50. The summed E-state index contributed by atoms with van der Waals surface area (Å²) in [5.74, 6) is -0.902. The summed E-state index contributed by atoms with van der Waals surface area (Å²) in [7, 11) is 0. The molecule has 0 rings (SSSR count). The summed E-state index contributed by atoms with van der Waals surface area (Å²) < 4.78 is 16.7. The Hall–Kier alpha value is -3.15. The minimum Gasteiger partial charge on any atom is -0.462 e. The Morgan fingerprint density at radius 3 is 0.924 bits per heavy atom. The highest BCUT2D eigenvalue weighted by Crippen LogP contribution is 2.15. The van der Waals surface area contributed by atoms with Gasteiger partial charge in [0.15, 0.2) is 6.10 Å². The van der Waals surface area contributed by atoms with Crippen molar-refractivity contribution in [2.24, 2.45) is 0 Å². The molecule has 0 aliphatic carbocycles. The Kier molecular flexibility index (Phi) is 51.9. The molecule has 6 heteroatoms. The molecule has 0 radical (unpaired) electrons. The number of hydrogen-bond donors (Lipinski definition) is 0. The van der Waals surface area contributed by atoms with E-state index in [-0.39, 0.29) is 31.1 Å². The first-order valence-corrected chi connectivity index (χ1v) is 27.9. The van der Waals surface area contributed by atoms with E-state index in [1.165, 1.54) is 128 Å². The zero-order chi connectivity index (χ0) is 47.9. The summed E-state index contributed by atoms with van der Waals surface area (Å²) in [5.41, 5.74) is 0. The first kappa shape index (κ1) is 62.8. The molecule has 0 heterocycles. The highest BCUT2D eigenvalue weighted by Gasteiger charge is 2.19. The number of carbonyl (C=O) groups is 3. The molecule has 380 valence electrons. The van der Waals surface area contributed by atoms with Gasteiger partial charge in [-0.3, -0.25) is 14.4 Å². The monoisotopic (exact) mass is 921 g/mol. The Morgan fingerprint density at radius 1 is 0.318 bits per heavy atom. The summed E-state index contributed by atoms with van der Waals surface area (Å²) in [4.78, 5) is 37.9. The number of unbranched alkanes of at least 4 members (excludes halogenated alkanes) is 27. The van der Waals surface area contributed by atoms with Crippen LogP contribution in [0.5, 0.6) is 0 Å². The third-order valence-corrected chi connectivity index (χ3v) is 11.9. The summed E-state index contributed by atoms with van der Waals surface area (Å²) in [6.45, 7) is 6.45. The molecule has 0 aromatic carbocycles. The molecule has 0 aromatic rings. The van der Waals surface area contributed by atoms with Crippen LogP contribution in [0.3, 0.4) is 0 Å². The van der Waals surface area contributed by atoms with Crippen LogP contribution in [-0.4, -0.2) is 37.2 Å². The molecule has 1 atom stereocenters. The lowest BCUT2D eigenvalue weighted by Crippen LogP contribution is -2.30. The molecule has 1 unspecified atom stereocenters. The van der Waals surface area contributed by atoms with Crippen molar-refractivity contribution in [2.75, 3.05) is 13.2 Å². The van der Waals surface area contributed by atoms with Crippen molar-refractivity contribution in [3.8, 4) is 0 Å². The lowest BCUT2D eigenvalue weighted by Gasteiger charge is -2.18. The molecular formula is C60H104O6. The van der Waals surface area contributed by atoms with Gasteiger partial charge in [0.05, 0.1) is 0 Å². The summed E-state index contributed by atoms with van der Waals surface area (Å²) in [6.07, 6.45) is 69.2. The molecule has 6 nitrogen and oxygen atoms in total. The predicted octanol–water partition coefficient (Wildman–Crippen LogP) is 18.6. The van der Waals surface area contributed by atoms with E-state index in [0.717, 1.165) is 103 Å². The van der Waals surface area contributed by atoms with Crippen LogP contribution in [0, 0.1) is 0 Å². The van der Waals surface area contributed by atoms with Crippen molar-refractivity contribution in [1.82, 2.24) is 0 Å². The van der Waals surface area contributed by atoms with E-state index in [9.17, 15) is 14.4 Å². The van der Waals surface area contributed by atoms with Gasteiger partial charge in [0.1, 0.15) is 13.2 Å². The van der Waals surface area contributed by atoms with Crippen LogP contribution in [0.25, 0.3) is 0 Å². The van der Waals surface area contributed by atoms with Crippen molar-refractivity contribution < 1.29 is 28.6 Å². The van der Waals surface area contributed by atoms with Crippen LogP contribution in [0.2, 0.25) is 0 Å². The van der Waals surface area contributed by atoms with Crippen molar-refractivity contribution in [1.29, 1.82) is 0 Å². The topological polar surface area (TPSA) is 78.9 Å². The lowest BCUT2D eigenvalue weighted by atomic mass is 10.0. The SMILES string of the molecule is CC/C=C\C/C=C\C/C=C\C/C=C\CCCCCCCCC(=O)OC(COC(=O)CCCCCCCC)COC(=O)CCCCCCCCCCCCC/C=C\C/C=C\CCCCCCC. The van der Waals surface area contributed by atoms with E-state index >= 15 is 0 Å². The molecule has 0 aromatic heterocycles. The van der Waals surface area contributed by atoms with Crippen LogP contribution >= 0.6 is 0 Å². The van der Waals surface area contributed by atoms with Crippen LogP contribution < -0.4 is 0 Å². The highest BCUT2D eigenvalue weighted by atomic mass is 16.6. The van der Waals surface area contributed by atoms with Gasteiger partial charge in [0, 0.05) is 19.3 Å². The Bertz CT molecular complexity index is 1240. The van der Waals surface area contributed by atoms with Crippen molar-refractivity contribution >= 4 is 17.9 Å². The fraction of sp³-hybridized carbons (Fsp3) is 0.750. The molecule has 66 heavy (non-hydrogen) atoms. The predicted molar refractivity (Wildman–Crippen MR) is 284 cm³/mol. The molecular weight excluding hydrogens is 817 g/mol. The first-order valence-electron chi connectivity index (χ1n) is 27.9. The third kappa shape index (κ3) is 51.8. The normalized spacial score (nSPS) is 12.6. The summed E-state index contributed by atoms with van der Waals surface area (Å²) in [5, 5.41) is 0. The second-order valence-corrected chi connectivity index (χ2v) is 18.5. The number of esters is 3. The van der Waals surface area contributed by atoms with Crippen LogP contribution in [-0.2, 0) is 28.6 Å². The third-order valence-electron chi connectivity index (χ3n) is 11.9.